The molecule has 0 fully saturated rings. The van der Waals surface area contributed by atoms with Crippen LogP contribution in [-0.2, 0) is 10.0 Å². The zero-order valence-corrected chi connectivity index (χ0v) is 13.4. The second kappa shape index (κ2) is 5.18. The van der Waals surface area contributed by atoms with Gasteiger partial charge in [0, 0.05) is 0 Å². The predicted octanol–water partition coefficient (Wildman–Crippen LogP) is 4.23. The fourth-order valence-corrected chi connectivity index (χ4v) is 4.21. The van der Waals surface area contributed by atoms with E-state index in [1.54, 1.807) is 24.3 Å². The van der Waals surface area contributed by atoms with Crippen LogP contribution in [0.2, 0.25) is 15.1 Å². The van der Waals surface area contributed by atoms with Crippen LogP contribution in [0.3, 0.4) is 0 Å². The third-order valence-electron chi connectivity index (χ3n) is 2.93. The van der Waals surface area contributed by atoms with Crippen LogP contribution in [0.15, 0.2) is 47.6 Å². The molecule has 4 nitrogen and oxygen atoms in total. The Bertz CT molecular complexity index is 951. The van der Waals surface area contributed by atoms with Crippen LogP contribution in [0.4, 0.5) is 0 Å². The highest BCUT2D eigenvalue weighted by atomic mass is 35.5. The van der Waals surface area contributed by atoms with Crippen molar-refractivity contribution in [2.75, 3.05) is 0 Å². The number of benzene rings is 2. The number of nitrogens with zero attached hydrogens (tertiary/aromatic N) is 2. The Labute approximate surface area is 135 Å². The van der Waals surface area contributed by atoms with Gasteiger partial charge < -0.3 is 0 Å². The first-order valence-corrected chi connectivity index (χ1v) is 8.31. The molecule has 0 saturated carbocycles. The Morgan fingerprint density at radius 2 is 1.62 bits per heavy atom. The lowest BCUT2D eigenvalue weighted by atomic mass is 10.3. The molecule has 0 atom stereocenters. The summed E-state index contributed by atoms with van der Waals surface area (Å²) in [6.07, 6.45) is 1.23. The van der Waals surface area contributed by atoms with Crippen molar-refractivity contribution in [1.82, 2.24) is 8.96 Å². The lowest BCUT2D eigenvalue weighted by molar-refractivity contribution is 0.589. The van der Waals surface area contributed by atoms with Gasteiger partial charge in [0.2, 0.25) is 0 Å². The van der Waals surface area contributed by atoms with Gasteiger partial charge in [-0.3, -0.25) is 0 Å². The number of para-hydroxylation sites is 2. The number of hydrogen-bond acceptors (Lipinski definition) is 3. The molecule has 21 heavy (non-hydrogen) atoms. The van der Waals surface area contributed by atoms with E-state index in [0.717, 1.165) is 3.97 Å². The van der Waals surface area contributed by atoms with E-state index in [1.165, 1.54) is 18.5 Å². The normalized spacial score (nSPS) is 12.0. The molecule has 0 spiro atoms. The number of aromatic nitrogens is 2. The first-order valence-electron chi connectivity index (χ1n) is 5.73. The topological polar surface area (TPSA) is 52.0 Å². The van der Waals surface area contributed by atoms with Crippen molar-refractivity contribution >= 4 is 55.9 Å². The van der Waals surface area contributed by atoms with E-state index in [2.05, 4.69) is 4.98 Å². The van der Waals surface area contributed by atoms with E-state index in [1.807, 2.05) is 0 Å². The van der Waals surface area contributed by atoms with Crippen LogP contribution in [0, 0.1) is 0 Å². The quantitative estimate of drug-likeness (QED) is 0.642. The summed E-state index contributed by atoms with van der Waals surface area (Å²) < 4.78 is 26.5. The maximum atomic E-state index is 12.7. The summed E-state index contributed by atoms with van der Waals surface area (Å²) in [5.74, 6) is 0. The number of imidazole rings is 1. The maximum Gasteiger partial charge on any atom is 0.271 e. The molecule has 0 aliphatic rings. The largest absolute Gasteiger partial charge is 0.271 e. The van der Waals surface area contributed by atoms with Crippen molar-refractivity contribution in [3.05, 3.63) is 57.8 Å². The van der Waals surface area contributed by atoms with Crippen molar-refractivity contribution in [3.63, 3.8) is 0 Å². The average Bonchev–Trinajstić information content (AvgIpc) is 2.87. The van der Waals surface area contributed by atoms with Gasteiger partial charge in [0.15, 0.2) is 0 Å². The van der Waals surface area contributed by atoms with Crippen molar-refractivity contribution in [2.24, 2.45) is 0 Å². The van der Waals surface area contributed by atoms with E-state index in [9.17, 15) is 8.42 Å². The zero-order chi connectivity index (χ0) is 15.2. The summed E-state index contributed by atoms with van der Waals surface area (Å²) in [4.78, 5) is 3.94. The second-order valence-electron chi connectivity index (χ2n) is 4.23. The van der Waals surface area contributed by atoms with E-state index in [-0.39, 0.29) is 20.0 Å². The Balaban J connectivity index is 2.29. The van der Waals surface area contributed by atoms with Gasteiger partial charge in [0.25, 0.3) is 10.0 Å². The fourth-order valence-electron chi connectivity index (χ4n) is 1.94. The lowest BCUT2D eigenvalue weighted by Gasteiger charge is -2.09. The molecule has 0 N–H and O–H groups in total. The van der Waals surface area contributed by atoms with Crippen LogP contribution < -0.4 is 0 Å². The molecule has 0 bridgehead atoms. The Hall–Kier alpha value is -1.27. The minimum Gasteiger partial charge on any atom is -0.236 e. The summed E-state index contributed by atoms with van der Waals surface area (Å²) in [5.41, 5.74) is 1.02. The van der Waals surface area contributed by atoms with Crippen LogP contribution in [-0.4, -0.2) is 17.4 Å². The Kier molecular flexibility index (Phi) is 3.61. The third kappa shape index (κ3) is 2.40. The molecule has 8 heteroatoms. The van der Waals surface area contributed by atoms with E-state index in [0.29, 0.717) is 11.0 Å². The van der Waals surface area contributed by atoms with E-state index >= 15 is 0 Å². The lowest BCUT2D eigenvalue weighted by Crippen LogP contribution is -2.12. The molecule has 3 rings (SSSR count). The highest BCUT2D eigenvalue weighted by molar-refractivity contribution is 7.90. The summed E-state index contributed by atoms with van der Waals surface area (Å²) in [7, 11) is -3.91. The predicted molar refractivity (Wildman–Crippen MR) is 83.8 cm³/mol. The summed E-state index contributed by atoms with van der Waals surface area (Å²) in [6.45, 7) is 0. The summed E-state index contributed by atoms with van der Waals surface area (Å²) in [6, 6.07) is 9.42. The van der Waals surface area contributed by atoms with Crippen molar-refractivity contribution in [3.8, 4) is 0 Å². The molecule has 0 saturated heterocycles. The molecule has 1 aromatic heterocycles. The molecule has 108 valence electrons. The molecule has 0 radical (unpaired) electrons. The monoisotopic (exact) mass is 360 g/mol. The van der Waals surface area contributed by atoms with Crippen LogP contribution in [0.5, 0.6) is 0 Å². The molecular weight excluding hydrogens is 355 g/mol. The van der Waals surface area contributed by atoms with Gasteiger partial charge in [-0.2, -0.15) is 0 Å². The number of rotatable bonds is 2. The van der Waals surface area contributed by atoms with Gasteiger partial charge in [-0.15, -0.1) is 0 Å². The summed E-state index contributed by atoms with van der Waals surface area (Å²) >= 11 is 17.7. The highest BCUT2D eigenvalue weighted by Crippen LogP contribution is 2.33. The van der Waals surface area contributed by atoms with Crippen molar-refractivity contribution < 1.29 is 8.42 Å². The third-order valence-corrected chi connectivity index (χ3v) is 5.78. The molecule has 0 amide bonds. The maximum absolute atomic E-state index is 12.7. The van der Waals surface area contributed by atoms with Crippen LogP contribution in [0.25, 0.3) is 11.0 Å². The fraction of sp³-hybridized carbons (Fsp3) is 0. The molecule has 0 unspecified atom stereocenters. The summed E-state index contributed by atoms with van der Waals surface area (Å²) in [5, 5.41) is 0.308. The van der Waals surface area contributed by atoms with Crippen molar-refractivity contribution in [2.45, 2.75) is 4.90 Å². The smallest absolute Gasteiger partial charge is 0.236 e. The SMILES string of the molecule is O=S(=O)(c1cc(Cl)c(Cl)cc1Cl)n1cnc2ccccc21. The van der Waals surface area contributed by atoms with E-state index < -0.39 is 10.0 Å². The highest BCUT2D eigenvalue weighted by Gasteiger charge is 2.23. The van der Waals surface area contributed by atoms with Gasteiger partial charge in [-0.1, -0.05) is 46.9 Å². The van der Waals surface area contributed by atoms with Gasteiger partial charge in [-0.25, -0.2) is 17.4 Å². The van der Waals surface area contributed by atoms with Gasteiger partial charge in [0.05, 0.1) is 26.1 Å². The molecule has 0 aliphatic carbocycles. The molecule has 2 aromatic carbocycles. The molecule has 3 aromatic rings. The minimum atomic E-state index is -3.91. The van der Waals surface area contributed by atoms with Gasteiger partial charge in [-0.05, 0) is 24.3 Å². The zero-order valence-electron chi connectivity index (χ0n) is 10.3. The Morgan fingerprint density at radius 3 is 2.38 bits per heavy atom. The van der Waals surface area contributed by atoms with Crippen molar-refractivity contribution in [1.29, 1.82) is 0 Å². The molecule has 1 heterocycles. The Morgan fingerprint density at radius 1 is 0.952 bits per heavy atom. The second-order valence-corrected chi connectivity index (χ2v) is 7.24. The average molecular weight is 362 g/mol. The number of hydrogen-bond donors (Lipinski definition) is 0. The first-order chi connectivity index (χ1) is 9.91. The van der Waals surface area contributed by atoms with Gasteiger partial charge in [0.1, 0.15) is 11.2 Å². The molecule has 0 aliphatic heterocycles. The first kappa shape index (κ1) is 14.7. The number of fused-ring (bicyclic) bond motifs is 1. The van der Waals surface area contributed by atoms with Crippen LogP contribution in [0.1, 0.15) is 0 Å². The number of halogens is 3. The van der Waals surface area contributed by atoms with Gasteiger partial charge >= 0.3 is 0 Å². The van der Waals surface area contributed by atoms with E-state index in [4.69, 9.17) is 34.8 Å². The molecular formula is C13H7Cl3N2O2S. The minimum absolute atomic E-state index is 0.00202. The standard InChI is InChI=1S/C13H7Cl3N2O2S/c14-8-5-10(16)13(6-9(8)15)21(19,20)18-7-17-11-3-1-2-4-12(11)18/h1-7H. The van der Waals surface area contributed by atoms with Crippen LogP contribution >= 0.6 is 34.8 Å².